The first-order valence-electron chi connectivity index (χ1n) is 10.6. The second-order valence-corrected chi connectivity index (χ2v) is 7.24. The lowest BCUT2D eigenvalue weighted by molar-refractivity contribution is -0.127. The molecule has 2 aromatic carbocycles. The molecule has 0 fully saturated rings. The first kappa shape index (κ1) is 24.1. The molecule has 2 N–H and O–H groups in total. The summed E-state index contributed by atoms with van der Waals surface area (Å²) in [7, 11) is 5.12. The number of carbonyl (C=O) groups excluding carboxylic acids is 1. The van der Waals surface area contributed by atoms with Gasteiger partial charge in [0, 0.05) is 27.2 Å². The Morgan fingerprint density at radius 3 is 2.26 bits per heavy atom. The zero-order chi connectivity index (χ0) is 22.5. The number of rotatable bonds is 11. The average molecular weight is 427 g/mol. The number of aliphatic imine (C=N–C) groups is 1. The van der Waals surface area contributed by atoms with Crippen LogP contribution in [0.15, 0.2) is 53.5 Å². The highest BCUT2D eigenvalue weighted by molar-refractivity contribution is 5.84. The van der Waals surface area contributed by atoms with Crippen LogP contribution in [0.25, 0.3) is 0 Å². The first-order valence-corrected chi connectivity index (χ1v) is 10.6. The molecule has 1 amide bonds. The van der Waals surface area contributed by atoms with E-state index in [4.69, 9.17) is 9.47 Å². The zero-order valence-electron chi connectivity index (χ0n) is 19.0. The summed E-state index contributed by atoms with van der Waals surface area (Å²) in [5, 5.41) is 6.65. The van der Waals surface area contributed by atoms with Gasteiger partial charge >= 0.3 is 0 Å². The van der Waals surface area contributed by atoms with Gasteiger partial charge in [-0.15, -0.1) is 0 Å². The number of hydrogen-bond donors (Lipinski definition) is 2. The maximum atomic E-state index is 11.9. The number of nitrogens with zero attached hydrogens (tertiary/aromatic N) is 2. The summed E-state index contributed by atoms with van der Waals surface area (Å²) in [4.78, 5) is 17.9. The van der Waals surface area contributed by atoms with Crippen molar-refractivity contribution >= 4 is 11.9 Å². The Morgan fingerprint density at radius 2 is 1.65 bits per heavy atom. The molecule has 0 saturated carbocycles. The molecule has 0 unspecified atom stereocenters. The standard InChI is InChI=1S/C24H34N4O3/c1-5-31-22-8-6-7-20(17-22)14-16-26-24(27-18-23(29)28(2)3)25-15-13-19-9-11-21(30-4)12-10-19/h6-12,17H,5,13-16,18H2,1-4H3,(H2,25,26,27). The molecule has 7 heteroatoms. The number of methoxy groups -OCH3 is 1. The van der Waals surface area contributed by atoms with E-state index in [1.165, 1.54) is 16.0 Å². The molecule has 0 spiro atoms. The Morgan fingerprint density at radius 1 is 0.968 bits per heavy atom. The van der Waals surface area contributed by atoms with Crippen molar-refractivity contribution in [2.75, 3.05) is 47.4 Å². The third kappa shape index (κ3) is 8.99. The normalized spacial score (nSPS) is 11.0. The monoisotopic (exact) mass is 426 g/mol. The van der Waals surface area contributed by atoms with Crippen molar-refractivity contribution in [1.82, 2.24) is 15.5 Å². The molecule has 0 aliphatic carbocycles. The number of benzene rings is 2. The molecule has 168 valence electrons. The lowest BCUT2D eigenvalue weighted by atomic mass is 10.1. The van der Waals surface area contributed by atoms with E-state index in [9.17, 15) is 4.79 Å². The second-order valence-electron chi connectivity index (χ2n) is 7.24. The molecule has 0 aliphatic heterocycles. The summed E-state index contributed by atoms with van der Waals surface area (Å²) >= 11 is 0. The predicted molar refractivity (Wildman–Crippen MR) is 125 cm³/mol. The summed E-state index contributed by atoms with van der Waals surface area (Å²) in [6.07, 6.45) is 1.66. The van der Waals surface area contributed by atoms with Crippen molar-refractivity contribution in [2.24, 2.45) is 4.99 Å². The molecule has 0 aromatic heterocycles. The summed E-state index contributed by atoms with van der Waals surface area (Å²) in [6.45, 7) is 4.12. The van der Waals surface area contributed by atoms with Gasteiger partial charge in [0.2, 0.25) is 5.91 Å². The van der Waals surface area contributed by atoms with E-state index in [0.717, 1.165) is 24.3 Å². The maximum Gasteiger partial charge on any atom is 0.243 e. The van der Waals surface area contributed by atoms with E-state index in [1.54, 1.807) is 21.2 Å². The van der Waals surface area contributed by atoms with Gasteiger partial charge in [-0.2, -0.15) is 0 Å². The van der Waals surface area contributed by atoms with E-state index in [0.29, 0.717) is 25.7 Å². The van der Waals surface area contributed by atoms with Crippen molar-refractivity contribution in [3.63, 3.8) is 0 Å². The van der Waals surface area contributed by atoms with Crippen LogP contribution in [0.2, 0.25) is 0 Å². The minimum Gasteiger partial charge on any atom is -0.497 e. The third-order valence-electron chi connectivity index (χ3n) is 4.65. The van der Waals surface area contributed by atoms with Gasteiger partial charge in [-0.05, 0) is 55.2 Å². The van der Waals surface area contributed by atoms with Gasteiger partial charge in [0.1, 0.15) is 18.0 Å². The van der Waals surface area contributed by atoms with Crippen LogP contribution in [0, 0.1) is 0 Å². The SMILES string of the molecule is CCOc1cccc(CCNC(=NCC(=O)N(C)C)NCCc2ccc(OC)cc2)c1. The van der Waals surface area contributed by atoms with Crippen molar-refractivity contribution in [2.45, 2.75) is 19.8 Å². The second kappa shape index (κ2) is 13.2. The summed E-state index contributed by atoms with van der Waals surface area (Å²) in [5.41, 5.74) is 2.38. The average Bonchev–Trinajstić information content (AvgIpc) is 2.77. The molecule has 0 aliphatic rings. The fourth-order valence-electron chi connectivity index (χ4n) is 2.86. The van der Waals surface area contributed by atoms with Gasteiger partial charge in [-0.1, -0.05) is 24.3 Å². The number of nitrogens with one attached hydrogen (secondary N) is 2. The molecule has 0 heterocycles. The van der Waals surface area contributed by atoms with E-state index < -0.39 is 0 Å². The van der Waals surface area contributed by atoms with Crippen molar-refractivity contribution in [3.05, 3.63) is 59.7 Å². The topological polar surface area (TPSA) is 75.2 Å². The highest BCUT2D eigenvalue weighted by Gasteiger charge is 2.05. The molecule has 0 saturated heterocycles. The van der Waals surface area contributed by atoms with Crippen LogP contribution in [-0.2, 0) is 17.6 Å². The molecule has 0 radical (unpaired) electrons. The summed E-state index contributed by atoms with van der Waals surface area (Å²) in [5.74, 6) is 2.31. The minimum absolute atomic E-state index is 0.0410. The van der Waals surface area contributed by atoms with E-state index in [1.807, 2.05) is 43.3 Å². The van der Waals surface area contributed by atoms with Crippen LogP contribution in [0.1, 0.15) is 18.1 Å². The number of guanidine groups is 1. The van der Waals surface area contributed by atoms with E-state index in [-0.39, 0.29) is 12.5 Å². The van der Waals surface area contributed by atoms with Crippen LogP contribution in [0.5, 0.6) is 11.5 Å². The number of amides is 1. The van der Waals surface area contributed by atoms with Gasteiger partial charge in [0.05, 0.1) is 13.7 Å². The van der Waals surface area contributed by atoms with Gasteiger partial charge in [0.15, 0.2) is 5.96 Å². The largest absolute Gasteiger partial charge is 0.497 e. The maximum absolute atomic E-state index is 11.9. The molecule has 2 aromatic rings. The minimum atomic E-state index is -0.0410. The molecule has 7 nitrogen and oxygen atoms in total. The highest BCUT2D eigenvalue weighted by atomic mass is 16.5. The highest BCUT2D eigenvalue weighted by Crippen LogP contribution is 2.13. The zero-order valence-corrected chi connectivity index (χ0v) is 19.0. The lowest BCUT2D eigenvalue weighted by Gasteiger charge is -2.14. The summed E-state index contributed by atoms with van der Waals surface area (Å²) in [6, 6.07) is 16.1. The third-order valence-corrected chi connectivity index (χ3v) is 4.65. The Kier molecular flexibility index (Phi) is 10.2. The van der Waals surface area contributed by atoms with Crippen LogP contribution < -0.4 is 20.1 Å². The molecular weight excluding hydrogens is 392 g/mol. The lowest BCUT2D eigenvalue weighted by Crippen LogP contribution is -2.40. The van der Waals surface area contributed by atoms with Gasteiger partial charge in [0.25, 0.3) is 0 Å². The van der Waals surface area contributed by atoms with Gasteiger partial charge < -0.3 is 25.0 Å². The Labute approximate surface area is 185 Å². The fourth-order valence-corrected chi connectivity index (χ4v) is 2.86. The Hall–Kier alpha value is -3.22. The molecule has 0 bridgehead atoms. The number of carbonyl (C=O) groups is 1. The van der Waals surface area contributed by atoms with Crippen molar-refractivity contribution < 1.29 is 14.3 Å². The molecular formula is C24H34N4O3. The predicted octanol–water partition coefficient (Wildman–Crippen LogP) is 2.50. The molecule has 0 atom stereocenters. The van der Waals surface area contributed by atoms with Crippen molar-refractivity contribution in [1.29, 1.82) is 0 Å². The number of likely N-dealkylation sites (N-methyl/N-ethyl adjacent to an activating group) is 1. The van der Waals surface area contributed by atoms with Gasteiger partial charge in [-0.25, -0.2) is 4.99 Å². The Bertz CT molecular complexity index is 835. The Balaban J connectivity index is 1.90. The van der Waals surface area contributed by atoms with Crippen LogP contribution in [-0.4, -0.2) is 64.2 Å². The summed E-state index contributed by atoms with van der Waals surface area (Å²) < 4.78 is 10.8. The molecule has 2 rings (SSSR count). The van der Waals surface area contributed by atoms with Crippen LogP contribution in [0.3, 0.4) is 0 Å². The van der Waals surface area contributed by atoms with Crippen molar-refractivity contribution in [3.8, 4) is 11.5 Å². The van der Waals surface area contributed by atoms with Gasteiger partial charge in [-0.3, -0.25) is 4.79 Å². The number of hydrogen-bond acceptors (Lipinski definition) is 4. The first-order chi connectivity index (χ1) is 15.0. The van der Waals surface area contributed by atoms with Crippen LogP contribution >= 0.6 is 0 Å². The quantitative estimate of drug-likeness (QED) is 0.427. The van der Waals surface area contributed by atoms with E-state index in [2.05, 4.69) is 27.8 Å². The number of ether oxygens (including phenoxy) is 2. The van der Waals surface area contributed by atoms with Crippen LogP contribution in [0.4, 0.5) is 0 Å². The smallest absolute Gasteiger partial charge is 0.243 e. The fraction of sp³-hybridized carbons (Fsp3) is 0.417. The molecule has 31 heavy (non-hydrogen) atoms. The van der Waals surface area contributed by atoms with E-state index >= 15 is 0 Å².